The number of ether oxygens (including phenoxy) is 1. The number of para-hydroxylation sites is 1. The fraction of sp³-hybridized carbons (Fsp3) is 0.375. The van der Waals surface area contributed by atoms with Gasteiger partial charge in [-0.25, -0.2) is 0 Å². The van der Waals surface area contributed by atoms with Crippen LogP contribution in [0.5, 0.6) is 5.75 Å². The molecule has 0 aliphatic carbocycles. The lowest BCUT2D eigenvalue weighted by Gasteiger charge is -2.15. The molecular formula is C16H21NOS. The molecule has 1 unspecified atom stereocenters. The lowest BCUT2D eigenvalue weighted by atomic mass is 9.98. The Bertz CT molecular complexity index is 521. The Kier molecular flexibility index (Phi) is 5.00. The molecule has 2 N–H and O–H groups in total. The molecule has 2 rings (SSSR count). The van der Waals surface area contributed by atoms with Crippen LogP contribution in [0.1, 0.15) is 41.5 Å². The number of hydrogen-bond donors (Lipinski definition) is 1. The minimum Gasteiger partial charge on any atom is -0.488 e. The first-order valence-electron chi connectivity index (χ1n) is 6.74. The van der Waals surface area contributed by atoms with E-state index in [9.17, 15) is 0 Å². The summed E-state index contributed by atoms with van der Waals surface area (Å²) in [5.41, 5.74) is 6.91. The van der Waals surface area contributed by atoms with Gasteiger partial charge < -0.3 is 10.5 Å². The van der Waals surface area contributed by atoms with Gasteiger partial charge in [-0.3, -0.25) is 0 Å². The predicted molar refractivity (Wildman–Crippen MR) is 81.7 cm³/mol. The Hall–Kier alpha value is -1.32. The standard InChI is InChI=1S/C16H21NOS/c1-3-12(2)15-6-4-5-7-16(15)18-11-14-9-8-13(10-17)19-14/h4-9,12H,3,10-11,17H2,1-2H3. The van der Waals surface area contributed by atoms with E-state index in [1.807, 2.05) is 6.07 Å². The number of thiophene rings is 1. The van der Waals surface area contributed by atoms with Crippen LogP contribution in [0.15, 0.2) is 36.4 Å². The van der Waals surface area contributed by atoms with Crippen LogP contribution in [0.2, 0.25) is 0 Å². The first-order valence-corrected chi connectivity index (χ1v) is 7.55. The van der Waals surface area contributed by atoms with Crippen LogP contribution in [0.25, 0.3) is 0 Å². The molecule has 0 amide bonds. The molecule has 0 spiro atoms. The summed E-state index contributed by atoms with van der Waals surface area (Å²) in [5, 5.41) is 0. The Balaban J connectivity index is 2.06. The van der Waals surface area contributed by atoms with Crippen LogP contribution in [0.3, 0.4) is 0 Å². The minimum atomic E-state index is 0.527. The summed E-state index contributed by atoms with van der Waals surface area (Å²) in [6.45, 7) is 5.67. The molecule has 19 heavy (non-hydrogen) atoms. The summed E-state index contributed by atoms with van der Waals surface area (Å²) in [6, 6.07) is 12.5. The van der Waals surface area contributed by atoms with Crippen molar-refractivity contribution in [3.63, 3.8) is 0 Å². The van der Waals surface area contributed by atoms with Crippen LogP contribution >= 0.6 is 11.3 Å². The maximum absolute atomic E-state index is 5.97. The summed E-state index contributed by atoms with van der Waals surface area (Å²) in [5.74, 6) is 1.53. The molecule has 1 aromatic carbocycles. The van der Waals surface area contributed by atoms with Gasteiger partial charge in [0.2, 0.25) is 0 Å². The maximum atomic E-state index is 5.97. The van der Waals surface area contributed by atoms with E-state index in [1.54, 1.807) is 11.3 Å². The van der Waals surface area contributed by atoms with Gasteiger partial charge in [0, 0.05) is 16.3 Å². The van der Waals surface area contributed by atoms with Crippen molar-refractivity contribution in [3.8, 4) is 5.75 Å². The van der Waals surface area contributed by atoms with Crippen LogP contribution in [-0.2, 0) is 13.2 Å². The second-order valence-corrected chi connectivity index (χ2v) is 5.96. The smallest absolute Gasteiger partial charge is 0.123 e. The molecule has 0 radical (unpaired) electrons. The lowest BCUT2D eigenvalue weighted by Crippen LogP contribution is -1.99. The molecule has 1 atom stereocenters. The van der Waals surface area contributed by atoms with Crippen molar-refractivity contribution < 1.29 is 4.74 Å². The van der Waals surface area contributed by atoms with E-state index in [2.05, 4.69) is 44.2 Å². The van der Waals surface area contributed by atoms with E-state index in [4.69, 9.17) is 10.5 Å². The van der Waals surface area contributed by atoms with Crippen LogP contribution in [-0.4, -0.2) is 0 Å². The van der Waals surface area contributed by atoms with Gasteiger partial charge in [0.1, 0.15) is 12.4 Å². The number of hydrogen-bond acceptors (Lipinski definition) is 3. The average molecular weight is 275 g/mol. The molecule has 102 valence electrons. The van der Waals surface area contributed by atoms with Gasteiger partial charge in [-0.1, -0.05) is 32.0 Å². The maximum Gasteiger partial charge on any atom is 0.123 e. The van der Waals surface area contributed by atoms with Gasteiger partial charge in [-0.15, -0.1) is 11.3 Å². The molecule has 3 heteroatoms. The zero-order valence-electron chi connectivity index (χ0n) is 11.6. The van der Waals surface area contributed by atoms with Gasteiger partial charge >= 0.3 is 0 Å². The highest BCUT2D eigenvalue weighted by Crippen LogP contribution is 2.29. The minimum absolute atomic E-state index is 0.527. The monoisotopic (exact) mass is 275 g/mol. The molecule has 0 bridgehead atoms. The summed E-state index contributed by atoms with van der Waals surface area (Å²) in [4.78, 5) is 2.42. The van der Waals surface area contributed by atoms with Gasteiger partial charge in [-0.05, 0) is 36.1 Å². The molecule has 2 aromatic rings. The van der Waals surface area contributed by atoms with Crippen molar-refractivity contribution in [2.24, 2.45) is 5.73 Å². The fourth-order valence-electron chi connectivity index (χ4n) is 2.00. The third-order valence-corrected chi connectivity index (χ3v) is 4.43. The Labute approximate surface area is 119 Å². The van der Waals surface area contributed by atoms with Crippen molar-refractivity contribution in [1.82, 2.24) is 0 Å². The average Bonchev–Trinajstić information content (AvgIpc) is 2.92. The van der Waals surface area contributed by atoms with Crippen molar-refractivity contribution in [2.45, 2.75) is 39.3 Å². The van der Waals surface area contributed by atoms with Crippen molar-refractivity contribution in [2.75, 3.05) is 0 Å². The Morgan fingerprint density at radius 2 is 1.89 bits per heavy atom. The highest BCUT2D eigenvalue weighted by molar-refractivity contribution is 7.11. The quantitative estimate of drug-likeness (QED) is 0.853. The van der Waals surface area contributed by atoms with Crippen molar-refractivity contribution in [1.29, 1.82) is 0 Å². The zero-order valence-corrected chi connectivity index (χ0v) is 12.4. The summed E-state index contributed by atoms with van der Waals surface area (Å²) in [6.07, 6.45) is 1.12. The SMILES string of the molecule is CCC(C)c1ccccc1OCc1ccc(CN)s1. The molecule has 0 fully saturated rings. The molecular weight excluding hydrogens is 254 g/mol. The van der Waals surface area contributed by atoms with E-state index >= 15 is 0 Å². The predicted octanol–water partition coefficient (Wildman–Crippen LogP) is 4.30. The third-order valence-electron chi connectivity index (χ3n) is 3.35. The molecule has 0 saturated heterocycles. The topological polar surface area (TPSA) is 35.2 Å². The largest absolute Gasteiger partial charge is 0.488 e. The summed E-state index contributed by atoms with van der Waals surface area (Å²) >= 11 is 1.72. The van der Waals surface area contributed by atoms with E-state index < -0.39 is 0 Å². The summed E-state index contributed by atoms with van der Waals surface area (Å²) in [7, 11) is 0. The molecule has 2 nitrogen and oxygen atoms in total. The van der Waals surface area contributed by atoms with Gasteiger partial charge in [0.25, 0.3) is 0 Å². The fourth-order valence-corrected chi connectivity index (χ4v) is 2.81. The molecule has 1 aromatic heterocycles. The van der Waals surface area contributed by atoms with Crippen LogP contribution in [0.4, 0.5) is 0 Å². The number of nitrogens with two attached hydrogens (primary N) is 1. The van der Waals surface area contributed by atoms with Crippen molar-refractivity contribution >= 4 is 11.3 Å². The highest BCUT2D eigenvalue weighted by atomic mass is 32.1. The van der Waals surface area contributed by atoms with Crippen molar-refractivity contribution in [3.05, 3.63) is 51.7 Å². The highest BCUT2D eigenvalue weighted by Gasteiger charge is 2.09. The Morgan fingerprint density at radius 1 is 1.16 bits per heavy atom. The zero-order chi connectivity index (χ0) is 13.7. The number of rotatable bonds is 6. The Morgan fingerprint density at radius 3 is 2.58 bits per heavy atom. The first kappa shape index (κ1) is 14.1. The number of benzene rings is 1. The van der Waals surface area contributed by atoms with Crippen LogP contribution in [0, 0.1) is 0 Å². The van der Waals surface area contributed by atoms with Gasteiger partial charge in [-0.2, -0.15) is 0 Å². The third kappa shape index (κ3) is 3.58. The van der Waals surface area contributed by atoms with E-state index in [0.717, 1.165) is 12.2 Å². The molecule has 0 saturated carbocycles. The summed E-state index contributed by atoms with van der Waals surface area (Å²) < 4.78 is 5.97. The molecule has 0 aliphatic heterocycles. The normalized spacial score (nSPS) is 12.4. The van der Waals surface area contributed by atoms with Crippen LogP contribution < -0.4 is 10.5 Å². The van der Waals surface area contributed by atoms with Gasteiger partial charge in [0.15, 0.2) is 0 Å². The van der Waals surface area contributed by atoms with Gasteiger partial charge in [0.05, 0.1) is 0 Å². The molecule has 0 aliphatic rings. The second kappa shape index (κ2) is 6.73. The van der Waals surface area contributed by atoms with E-state index in [0.29, 0.717) is 19.1 Å². The first-order chi connectivity index (χ1) is 9.24. The second-order valence-electron chi connectivity index (χ2n) is 4.71. The van der Waals surface area contributed by atoms with E-state index in [-0.39, 0.29) is 0 Å². The van der Waals surface area contributed by atoms with E-state index in [1.165, 1.54) is 15.3 Å². The molecule has 1 heterocycles. The lowest BCUT2D eigenvalue weighted by molar-refractivity contribution is 0.304.